The van der Waals surface area contributed by atoms with Crippen LogP contribution in [0, 0.1) is 0 Å². The third-order valence-corrected chi connectivity index (χ3v) is 7.36. The molecule has 0 aliphatic carbocycles. The lowest BCUT2D eigenvalue weighted by Crippen LogP contribution is -2.52. The minimum Gasteiger partial charge on any atom is -0.373 e. The topological polar surface area (TPSA) is 218 Å². The summed E-state index contributed by atoms with van der Waals surface area (Å²) in [7, 11) is -4.32. The van der Waals surface area contributed by atoms with E-state index in [2.05, 4.69) is 31.6 Å². The van der Waals surface area contributed by atoms with Gasteiger partial charge in [0.25, 0.3) is 0 Å². The van der Waals surface area contributed by atoms with Crippen molar-refractivity contribution in [3.05, 3.63) is 23.5 Å². The average molecular weight is 517 g/mol. The van der Waals surface area contributed by atoms with Crippen LogP contribution in [0.3, 0.4) is 0 Å². The van der Waals surface area contributed by atoms with Crippen molar-refractivity contribution in [2.24, 2.45) is 11.5 Å². The lowest BCUT2D eigenvalue weighted by Gasteiger charge is -2.30. The summed E-state index contributed by atoms with van der Waals surface area (Å²) in [5.74, 6) is 1.50. The number of aromatic nitrogens is 2. The molecule has 0 aromatic carbocycles. The molecule has 0 radical (unpaired) electrons. The van der Waals surface area contributed by atoms with Gasteiger partial charge in [0.05, 0.1) is 51.3 Å². The second kappa shape index (κ2) is 10.2. The number of nitrogens with two attached hydrogens (primary N) is 2. The maximum Gasteiger partial charge on any atom is 0.472 e. The summed E-state index contributed by atoms with van der Waals surface area (Å²) in [6, 6.07) is 0. The van der Waals surface area contributed by atoms with E-state index in [-0.39, 0.29) is 44.3 Å². The van der Waals surface area contributed by atoms with E-state index in [0.29, 0.717) is 44.4 Å². The standard InChI is InChI=1S/C18H33N10O6P/c19-15-13-17(23-6-21-15)27(8-25-13)11(29)3-4-32-35(30,31)33-5-10-1-2-12(34-10)28-9-26-14-16(20)22-7-24-18(14)28/h9-12,15-16,21-25,29H,1-8,19-20H2,(H,30,31)/t10-,11+,12+,15?,16?/m0/s1. The quantitative estimate of drug-likeness (QED) is 0.159. The molecular formula is C18H33N10O6P. The van der Waals surface area contributed by atoms with Crippen LogP contribution in [0.4, 0.5) is 5.82 Å². The molecule has 4 aliphatic rings. The zero-order valence-corrected chi connectivity index (χ0v) is 20.0. The number of ether oxygens (including phenoxy) is 1. The first-order chi connectivity index (χ1) is 16.8. The van der Waals surface area contributed by atoms with Crippen LogP contribution >= 0.6 is 7.82 Å². The summed E-state index contributed by atoms with van der Waals surface area (Å²) < 4.78 is 30.4. The Morgan fingerprint density at radius 3 is 2.86 bits per heavy atom. The molecule has 0 saturated carbocycles. The monoisotopic (exact) mass is 516 g/mol. The number of nitrogens with one attached hydrogen (secondary N) is 5. The van der Waals surface area contributed by atoms with E-state index in [1.54, 1.807) is 11.2 Å². The van der Waals surface area contributed by atoms with Gasteiger partial charge in [0.2, 0.25) is 0 Å². The van der Waals surface area contributed by atoms with Gasteiger partial charge in [-0.25, -0.2) is 9.55 Å². The van der Waals surface area contributed by atoms with Gasteiger partial charge in [-0.05, 0) is 12.8 Å². The number of aliphatic hydroxyl groups is 1. The molecule has 1 aromatic rings. The van der Waals surface area contributed by atoms with Crippen molar-refractivity contribution >= 4 is 13.6 Å². The first-order valence-electron chi connectivity index (χ1n) is 11.5. The maximum atomic E-state index is 12.3. The number of phosphoric acid groups is 1. The van der Waals surface area contributed by atoms with Gasteiger partial charge in [-0.15, -0.1) is 0 Å². The molecule has 5 rings (SSSR count). The summed E-state index contributed by atoms with van der Waals surface area (Å²) in [5.41, 5.74) is 13.5. The van der Waals surface area contributed by atoms with Crippen LogP contribution in [0.15, 0.2) is 17.8 Å². The maximum absolute atomic E-state index is 12.3. The third kappa shape index (κ3) is 5.27. The van der Waals surface area contributed by atoms with Crippen molar-refractivity contribution < 1.29 is 28.3 Å². The Bertz CT molecular complexity index is 993. The predicted molar refractivity (Wildman–Crippen MR) is 122 cm³/mol. The lowest BCUT2D eigenvalue weighted by atomic mass is 10.2. The first-order valence-corrected chi connectivity index (χ1v) is 13.0. The van der Waals surface area contributed by atoms with E-state index < -0.39 is 14.1 Å². The van der Waals surface area contributed by atoms with Gasteiger partial charge in [0, 0.05) is 6.42 Å². The number of nitrogens with zero attached hydrogens (tertiary/aromatic N) is 3. The number of rotatable bonds is 9. The number of hydrogen-bond acceptors (Lipinski definition) is 14. The summed E-state index contributed by atoms with van der Waals surface area (Å²) in [5, 5.41) is 26.1. The second-order valence-corrected chi connectivity index (χ2v) is 10.1. The van der Waals surface area contributed by atoms with Gasteiger partial charge >= 0.3 is 7.82 Å². The van der Waals surface area contributed by atoms with Crippen molar-refractivity contribution in [3.8, 4) is 0 Å². The smallest absolute Gasteiger partial charge is 0.373 e. The summed E-state index contributed by atoms with van der Waals surface area (Å²) in [6.07, 6.45) is 0.801. The first kappa shape index (κ1) is 24.7. The Hall–Kier alpha value is -1.98. The molecule has 0 amide bonds. The number of imidazole rings is 1. The number of aliphatic hydroxyl groups excluding tert-OH is 1. The Kier molecular flexibility index (Phi) is 7.18. The molecule has 0 bridgehead atoms. The fraction of sp³-hybridized carbons (Fsp3) is 0.722. The largest absolute Gasteiger partial charge is 0.472 e. The van der Waals surface area contributed by atoms with Gasteiger partial charge in [-0.1, -0.05) is 0 Å². The molecule has 4 aliphatic heterocycles. The molecule has 17 heteroatoms. The molecular weight excluding hydrogens is 483 g/mol. The van der Waals surface area contributed by atoms with E-state index in [9.17, 15) is 14.6 Å². The average Bonchev–Trinajstić information content (AvgIpc) is 3.56. The second-order valence-electron chi connectivity index (χ2n) is 8.68. The van der Waals surface area contributed by atoms with Gasteiger partial charge < -0.3 is 47.1 Å². The Morgan fingerprint density at radius 1 is 1.20 bits per heavy atom. The molecule has 1 fully saturated rings. The van der Waals surface area contributed by atoms with Crippen LogP contribution in [0.1, 0.15) is 37.4 Å². The number of hydrogen-bond donors (Lipinski definition) is 9. The van der Waals surface area contributed by atoms with E-state index in [1.807, 2.05) is 4.57 Å². The zero-order valence-electron chi connectivity index (χ0n) is 19.1. The minimum absolute atomic E-state index is 0.0917. The van der Waals surface area contributed by atoms with Crippen molar-refractivity contribution in [3.63, 3.8) is 0 Å². The highest BCUT2D eigenvalue weighted by atomic mass is 31.2. The number of fused-ring (bicyclic) bond motifs is 1. The fourth-order valence-electron chi connectivity index (χ4n) is 4.55. The van der Waals surface area contributed by atoms with Gasteiger partial charge in [-0.3, -0.25) is 24.2 Å². The molecule has 3 unspecified atom stereocenters. The molecule has 1 aromatic heterocycles. The molecule has 11 N–H and O–H groups in total. The highest BCUT2D eigenvalue weighted by Gasteiger charge is 2.35. The summed E-state index contributed by atoms with van der Waals surface area (Å²) >= 11 is 0. The van der Waals surface area contributed by atoms with Crippen LogP contribution in [0.5, 0.6) is 0 Å². The Balaban J connectivity index is 1.06. The van der Waals surface area contributed by atoms with Crippen molar-refractivity contribution in [1.29, 1.82) is 0 Å². The number of phosphoric ester groups is 1. The molecule has 1 saturated heterocycles. The van der Waals surface area contributed by atoms with Crippen molar-refractivity contribution in [2.75, 3.05) is 38.5 Å². The van der Waals surface area contributed by atoms with Gasteiger partial charge in [-0.2, -0.15) is 0 Å². The molecule has 196 valence electrons. The van der Waals surface area contributed by atoms with Crippen LogP contribution in [-0.4, -0.2) is 76.2 Å². The number of anilines is 1. The molecule has 35 heavy (non-hydrogen) atoms. The van der Waals surface area contributed by atoms with Gasteiger partial charge in [0.1, 0.15) is 42.1 Å². The molecule has 16 nitrogen and oxygen atoms in total. The Morgan fingerprint density at radius 2 is 2.00 bits per heavy atom. The highest BCUT2D eigenvalue weighted by molar-refractivity contribution is 7.47. The predicted octanol–water partition coefficient (Wildman–Crippen LogP) is -2.20. The van der Waals surface area contributed by atoms with E-state index in [4.69, 9.17) is 25.3 Å². The molecule has 6 atom stereocenters. The van der Waals surface area contributed by atoms with Crippen molar-refractivity contribution in [1.82, 2.24) is 35.7 Å². The summed E-state index contributed by atoms with van der Waals surface area (Å²) in [4.78, 5) is 16.1. The van der Waals surface area contributed by atoms with Gasteiger partial charge in [0.15, 0.2) is 0 Å². The highest BCUT2D eigenvalue weighted by Crippen LogP contribution is 2.44. The lowest BCUT2D eigenvalue weighted by molar-refractivity contribution is -0.0253. The third-order valence-electron chi connectivity index (χ3n) is 6.37. The molecule has 5 heterocycles. The Labute approximate surface area is 201 Å². The van der Waals surface area contributed by atoms with Crippen molar-refractivity contribution in [2.45, 2.75) is 50.2 Å². The van der Waals surface area contributed by atoms with E-state index in [0.717, 1.165) is 11.5 Å². The van der Waals surface area contributed by atoms with Crippen LogP contribution in [0.25, 0.3) is 0 Å². The molecule has 0 spiro atoms. The van der Waals surface area contributed by atoms with Crippen LogP contribution in [0.2, 0.25) is 0 Å². The SMILES string of the molecule is NC1NCNC2=C1NCN2[C@H](O)CCOP(=O)(O)OC[C@@H]1CC[C@H](n2cnc3c2NCNC3N)O1. The van der Waals surface area contributed by atoms with Crippen LogP contribution < -0.4 is 38.1 Å². The summed E-state index contributed by atoms with van der Waals surface area (Å²) in [6.45, 7) is 1.08. The van der Waals surface area contributed by atoms with Crippen LogP contribution in [-0.2, 0) is 18.3 Å². The minimum atomic E-state index is -4.32. The van der Waals surface area contributed by atoms with E-state index >= 15 is 0 Å². The van der Waals surface area contributed by atoms with E-state index in [1.165, 1.54) is 0 Å². The normalized spacial score (nSPS) is 30.7. The fourth-order valence-corrected chi connectivity index (χ4v) is 5.31. The zero-order chi connectivity index (χ0) is 24.6.